The van der Waals surface area contributed by atoms with E-state index in [0.29, 0.717) is 0 Å². The number of aliphatic hydroxyl groups excluding tert-OH is 1. The highest BCUT2D eigenvalue weighted by atomic mass is 16.7. The fourth-order valence-electron chi connectivity index (χ4n) is 4.29. The zero-order valence-corrected chi connectivity index (χ0v) is 16.1. The molecule has 0 amide bonds. The zero-order valence-electron chi connectivity index (χ0n) is 16.1. The molecule has 5 heteroatoms. The van der Waals surface area contributed by atoms with Crippen LogP contribution in [0.3, 0.4) is 0 Å². The molecule has 0 aromatic heterocycles. The van der Waals surface area contributed by atoms with Gasteiger partial charge in [0.1, 0.15) is 11.4 Å². The molecule has 1 spiro atoms. The number of benzene rings is 1. The lowest BCUT2D eigenvalue weighted by atomic mass is 9.85. The topological polar surface area (TPSA) is 51.2 Å². The number of hydrogen-bond acceptors (Lipinski definition) is 5. The summed E-state index contributed by atoms with van der Waals surface area (Å²) >= 11 is 0. The molecule has 5 nitrogen and oxygen atoms in total. The Labute approximate surface area is 150 Å². The van der Waals surface area contributed by atoms with Crippen LogP contribution >= 0.6 is 0 Å². The Bertz CT molecular complexity index is 702. The summed E-state index contributed by atoms with van der Waals surface area (Å²) < 4.78 is 11.9. The number of rotatable bonds is 3. The molecular weight excluding hydrogens is 318 g/mol. The van der Waals surface area contributed by atoms with Crippen molar-refractivity contribution in [1.29, 1.82) is 0 Å². The van der Waals surface area contributed by atoms with Gasteiger partial charge < -0.3 is 19.4 Å². The first kappa shape index (κ1) is 18.4. The van der Waals surface area contributed by atoms with Gasteiger partial charge in [-0.15, -0.1) is 0 Å². The van der Waals surface area contributed by atoms with Gasteiger partial charge in [-0.2, -0.15) is 5.06 Å². The van der Waals surface area contributed by atoms with Crippen molar-refractivity contribution in [2.24, 2.45) is 0 Å². The smallest absolute Gasteiger partial charge is 0.186 e. The van der Waals surface area contributed by atoms with Crippen LogP contribution in [0.15, 0.2) is 11.8 Å². The second-order valence-electron chi connectivity index (χ2n) is 7.16. The van der Waals surface area contributed by atoms with Crippen LogP contribution in [-0.4, -0.2) is 49.4 Å². The van der Waals surface area contributed by atoms with Crippen LogP contribution in [0.25, 0.3) is 5.57 Å². The van der Waals surface area contributed by atoms with Crippen LogP contribution in [0, 0.1) is 27.7 Å². The van der Waals surface area contributed by atoms with Crippen LogP contribution in [0.1, 0.15) is 40.7 Å². The molecule has 2 aliphatic heterocycles. The van der Waals surface area contributed by atoms with Gasteiger partial charge >= 0.3 is 0 Å². The third-order valence-corrected chi connectivity index (χ3v) is 5.86. The molecule has 1 atom stereocenters. The van der Waals surface area contributed by atoms with Gasteiger partial charge in [0.15, 0.2) is 6.29 Å². The van der Waals surface area contributed by atoms with Crippen molar-refractivity contribution < 1.29 is 19.4 Å². The van der Waals surface area contributed by atoms with Crippen molar-refractivity contribution in [3.8, 4) is 0 Å². The van der Waals surface area contributed by atoms with Gasteiger partial charge in [0.2, 0.25) is 0 Å². The molecule has 2 heterocycles. The molecule has 0 radical (unpaired) electrons. The number of nitrogens with zero attached hydrogens (tertiary/aromatic N) is 1. The highest BCUT2D eigenvalue weighted by molar-refractivity contribution is 5.78. The molecule has 1 aromatic carbocycles. The Hall–Kier alpha value is -1.40. The minimum Gasteiger partial charge on any atom is -0.498 e. The summed E-state index contributed by atoms with van der Waals surface area (Å²) in [5, 5.41) is 12.7. The van der Waals surface area contributed by atoms with E-state index in [2.05, 4.69) is 33.8 Å². The molecular formula is C20H29NO4. The van der Waals surface area contributed by atoms with E-state index in [9.17, 15) is 5.11 Å². The van der Waals surface area contributed by atoms with Crippen molar-refractivity contribution in [2.45, 2.75) is 52.4 Å². The van der Waals surface area contributed by atoms with Crippen molar-refractivity contribution in [3.05, 3.63) is 39.6 Å². The number of ether oxygens (including phenoxy) is 2. The first-order valence-corrected chi connectivity index (χ1v) is 8.86. The van der Waals surface area contributed by atoms with E-state index in [1.807, 2.05) is 5.06 Å². The average molecular weight is 347 g/mol. The second-order valence-corrected chi connectivity index (χ2v) is 7.16. The highest BCUT2D eigenvalue weighted by Crippen LogP contribution is 2.47. The van der Waals surface area contributed by atoms with Crippen LogP contribution in [0.2, 0.25) is 0 Å². The molecule has 1 aromatic rings. The largest absolute Gasteiger partial charge is 0.498 e. The van der Waals surface area contributed by atoms with Crippen molar-refractivity contribution >= 4 is 5.57 Å². The van der Waals surface area contributed by atoms with Gasteiger partial charge in [-0.3, -0.25) is 0 Å². The number of methoxy groups -OCH3 is 1. The third kappa shape index (κ3) is 2.89. The van der Waals surface area contributed by atoms with Gasteiger partial charge in [-0.05, 0) is 68.4 Å². The van der Waals surface area contributed by atoms with E-state index in [1.165, 1.54) is 16.7 Å². The molecule has 25 heavy (non-hydrogen) atoms. The molecule has 3 rings (SSSR count). The number of hydrogen-bond donors (Lipinski definition) is 1. The molecule has 1 saturated heterocycles. The Balaban J connectivity index is 2.12. The fourth-order valence-corrected chi connectivity index (χ4v) is 4.29. The molecule has 1 N–H and O–H groups in total. The van der Waals surface area contributed by atoms with Crippen LogP contribution in [0.5, 0.6) is 0 Å². The van der Waals surface area contributed by atoms with E-state index >= 15 is 0 Å². The van der Waals surface area contributed by atoms with Crippen molar-refractivity contribution in [3.63, 3.8) is 0 Å². The highest BCUT2D eigenvalue weighted by Gasteiger charge is 2.50. The monoisotopic (exact) mass is 347 g/mol. The number of piperidine rings is 1. The van der Waals surface area contributed by atoms with Crippen LogP contribution in [0.4, 0.5) is 0 Å². The number of aliphatic hydroxyl groups is 1. The van der Waals surface area contributed by atoms with Gasteiger partial charge in [-0.25, -0.2) is 0 Å². The van der Waals surface area contributed by atoms with Gasteiger partial charge in [0.25, 0.3) is 0 Å². The minimum atomic E-state index is -0.969. The maximum atomic E-state index is 10.8. The van der Waals surface area contributed by atoms with Gasteiger partial charge in [-0.1, -0.05) is 6.07 Å². The second kappa shape index (κ2) is 6.72. The minimum absolute atomic E-state index is 0.573. The van der Waals surface area contributed by atoms with E-state index in [-0.39, 0.29) is 0 Å². The SMILES string of the molecule is COC1=C(c2c(C)cc(C)c(C)c2C)C(O)OC12CCN(OC)CC2. The van der Waals surface area contributed by atoms with Crippen LogP contribution < -0.4 is 0 Å². The summed E-state index contributed by atoms with van der Waals surface area (Å²) in [6, 6.07) is 2.17. The van der Waals surface area contributed by atoms with Crippen molar-refractivity contribution in [1.82, 2.24) is 5.06 Å². The maximum absolute atomic E-state index is 10.8. The predicted octanol–water partition coefficient (Wildman–Crippen LogP) is 3.02. The maximum Gasteiger partial charge on any atom is 0.186 e. The summed E-state index contributed by atoms with van der Waals surface area (Å²) in [5.74, 6) is 0.769. The molecule has 0 saturated carbocycles. The summed E-state index contributed by atoms with van der Waals surface area (Å²) in [6.45, 7) is 9.92. The molecule has 138 valence electrons. The quantitative estimate of drug-likeness (QED) is 0.911. The van der Waals surface area contributed by atoms with E-state index < -0.39 is 11.9 Å². The Morgan fingerprint density at radius 1 is 1.08 bits per heavy atom. The number of aryl methyl sites for hydroxylation is 2. The van der Waals surface area contributed by atoms with Crippen molar-refractivity contribution in [2.75, 3.05) is 27.3 Å². The summed E-state index contributed by atoms with van der Waals surface area (Å²) in [5.41, 5.74) is 6.08. The Morgan fingerprint density at radius 3 is 2.28 bits per heavy atom. The fraction of sp³-hybridized carbons (Fsp3) is 0.600. The lowest BCUT2D eigenvalue weighted by Gasteiger charge is -2.38. The normalized spacial score (nSPS) is 23.6. The summed E-state index contributed by atoms with van der Waals surface area (Å²) in [7, 11) is 3.36. The van der Waals surface area contributed by atoms with E-state index in [0.717, 1.165) is 48.4 Å². The summed E-state index contributed by atoms with van der Waals surface area (Å²) in [6.07, 6.45) is 0.490. The molecule has 0 aliphatic carbocycles. The van der Waals surface area contributed by atoms with Gasteiger partial charge in [0, 0.05) is 13.1 Å². The zero-order chi connectivity index (χ0) is 18.4. The third-order valence-electron chi connectivity index (χ3n) is 5.86. The Morgan fingerprint density at radius 2 is 1.72 bits per heavy atom. The molecule has 2 aliphatic rings. The van der Waals surface area contributed by atoms with E-state index in [4.69, 9.17) is 14.3 Å². The van der Waals surface area contributed by atoms with E-state index in [1.54, 1.807) is 14.2 Å². The molecule has 0 bridgehead atoms. The first-order chi connectivity index (χ1) is 11.8. The van der Waals surface area contributed by atoms with Crippen LogP contribution in [-0.2, 0) is 14.3 Å². The standard InChI is InChI=1S/C20H29NO4/c1-12-11-13(2)16(15(4)14(12)3)17-18(23-5)20(25-19(17)22)7-9-21(24-6)10-8-20/h11,19,22H,7-10H2,1-6H3. The first-order valence-electron chi connectivity index (χ1n) is 8.86. The van der Waals surface area contributed by atoms with Gasteiger partial charge in [0.05, 0.1) is 19.8 Å². The lowest BCUT2D eigenvalue weighted by molar-refractivity contribution is -0.202. The summed E-state index contributed by atoms with van der Waals surface area (Å²) in [4.78, 5) is 5.33. The predicted molar refractivity (Wildman–Crippen MR) is 97.0 cm³/mol. The molecule has 1 fully saturated rings. The molecule has 1 unspecified atom stereocenters. The lowest BCUT2D eigenvalue weighted by Crippen LogP contribution is -2.46. The Kier molecular flexibility index (Phi) is 4.95. The average Bonchev–Trinajstić information content (AvgIpc) is 2.85. The number of hydroxylamine groups is 2.